The Labute approximate surface area is 113 Å². The lowest BCUT2D eigenvalue weighted by atomic mass is 10.2. The monoisotopic (exact) mass is 341 g/mol. The summed E-state index contributed by atoms with van der Waals surface area (Å²) in [4.78, 5) is 2.31. The Morgan fingerprint density at radius 3 is 3.00 bits per heavy atom. The number of fused-ring (bicyclic) bond motifs is 1. The molecule has 1 aromatic heterocycles. The Hall–Kier alpha value is -1.31. The lowest BCUT2D eigenvalue weighted by Gasteiger charge is -2.29. The van der Waals surface area contributed by atoms with Crippen molar-refractivity contribution in [2.45, 2.75) is 13.1 Å². The predicted octanol–water partition coefficient (Wildman–Crippen LogP) is 1.49. The molecule has 2 heterocycles. The smallest absolute Gasteiger partial charge is 0.152 e. The molecule has 0 saturated heterocycles. The summed E-state index contributed by atoms with van der Waals surface area (Å²) in [6, 6.07) is 6.01. The average molecular weight is 341 g/mol. The van der Waals surface area contributed by atoms with Gasteiger partial charge in [-0.05, 0) is 40.8 Å². The third kappa shape index (κ3) is 1.97. The van der Waals surface area contributed by atoms with Crippen molar-refractivity contribution in [2.75, 3.05) is 17.2 Å². The second-order valence-electron chi connectivity index (χ2n) is 4.07. The van der Waals surface area contributed by atoms with Crippen molar-refractivity contribution >= 4 is 34.0 Å². The molecule has 0 saturated carbocycles. The van der Waals surface area contributed by atoms with Crippen LogP contribution in [0, 0.1) is 3.57 Å². The highest BCUT2D eigenvalue weighted by atomic mass is 127. The number of aromatic nitrogens is 3. The number of nitrogens with zero attached hydrogens (tertiary/aromatic N) is 4. The molecule has 3 rings (SSSR count). The molecule has 0 atom stereocenters. The standard InChI is InChI=1S/C11H12IN5/c12-9-5-8(13)1-2-10(9)16-3-4-17-7-14-15-11(17)6-16/h1-2,5,7H,3-4,6,13H2. The zero-order valence-corrected chi connectivity index (χ0v) is 11.3. The molecule has 1 aromatic carbocycles. The van der Waals surface area contributed by atoms with Crippen LogP contribution in [0.5, 0.6) is 0 Å². The van der Waals surface area contributed by atoms with E-state index in [0.29, 0.717) is 0 Å². The van der Waals surface area contributed by atoms with Gasteiger partial charge in [-0.3, -0.25) is 0 Å². The molecular weight excluding hydrogens is 329 g/mol. The van der Waals surface area contributed by atoms with E-state index >= 15 is 0 Å². The molecule has 6 heteroatoms. The van der Waals surface area contributed by atoms with Crippen molar-refractivity contribution in [3.05, 3.63) is 33.9 Å². The van der Waals surface area contributed by atoms with Crippen molar-refractivity contribution < 1.29 is 0 Å². The minimum absolute atomic E-state index is 0.804. The fraction of sp³-hybridized carbons (Fsp3) is 0.273. The van der Waals surface area contributed by atoms with Gasteiger partial charge in [0.2, 0.25) is 0 Å². The maximum absolute atomic E-state index is 5.77. The summed E-state index contributed by atoms with van der Waals surface area (Å²) in [6.07, 6.45) is 1.79. The van der Waals surface area contributed by atoms with E-state index in [1.54, 1.807) is 6.33 Å². The zero-order chi connectivity index (χ0) is 11.8. The molecule has 1 aliphatic rings. The summed E-state index contributed by atoms with van der Waals surface area (Å²) >= 11 is 2.32. The Morgan fingerprint density at radius 1 is 1.29 bits per heavy atom. The van der Waals surface area contributed by atoms with Gasteiger partial charge in [-0.1, -0.05) is 0 Å². The highest BCUT2D eigenvalue weighted by Gasteiger charge is 2.19. The third-order valence-electron chi connectivity index (χ3n) is 2.95. The number of benzene rings is 1. The Kier molecular flexibility index (Phi) is 2.65. The Bertz CT molecular complexity index is 551. The molecule has 0 fully saturated rings. The van der Waals surface area contributed by atoms with Crippen molar-refractivity contribution in [1.82, 2.24) is 14.8 Å². The molecule has 0 bridgehead atoms. The van der Waals surface area contributed by atoms with E-state index in [1.807, 2.05) is 12.1 Å². The molecule has 88 valence electrons. The van der Waals surface area contributed by atoms with E-state index in [4.69, 9.17) is 5.73 Å². The maximum Gasteiger partial charge on any atom is 0.152 e. The molecule has 2 N–H and O–H groups in total. The number of rotatable bonds is 1. The molecule has 1 aliphatic heterocycles. The fourth-order valence-corrected chi connectivity index (χ4v) is 2.93. The quantitative estimate of drug-likeness (QED) is 0.631. The van der Waals surface area contributed by atoms with E-state index < -0.39 is 0 Å². The molecule has 17 heavy (non-hydrogen) atoms. The van der Waals surface area contributed by atoms with Crippen LogP contribution in [0.15, 0.2) is 24.5 Å². The molecule has 0 radical (unpaired) electrons. The van der Waals surface area contributed by atoms with Gasteiger partial charge < -0.3 is 15.2 Å². The molecule has 0 unspecified atom stereocenters. The van der Waals surface area contributed by atoms with Crippen LogP contribution >= 0.6 is 22.6 Å². The van der Waals surface area contributed by atoms with Crippen LogP contribution in [-0.4, -0.2) is 21.3 Å². The SMILES string of the molecule is Nc1ccc(N2CCn3cnnc3C2)c(I)c1. The van der Waals surface area contributed by atoms with E-state index in [2.05, 4.69) is 48.3 Å². The van der Waals surface area contributed by atoms with E-state index in [1.165, 1.54) is 9.26 Å². The minimum atomic E-state index is 0.804. The molecule has 0 spiro atoms. The molecule has 0 amide bonds. The number of nitrogen functional groups attached to an aromatic ring is 1. The van der Waals surface area contributed by atoms with Gasteiger partial charge in [0.15, 0.2) is 5.82 Å². The first-order valence-corrected chi connectivity index (χ1v) is 6.48. The Morgan fingerprint density at radius 2 is 2.18 bits per heavy atom. The lowest BCUT2D eigenvalue weighted by molar-refractivity contribution is 0.559. The largest absolute Gasteiger partial charge is 0.399 e. The third-order valence-corrected chi connectivity index (χ3v) is 3.82. The van der Waals surface area contributed by atoms with Gasteiger partial charge >= 0.3 is 0 Å². The minimum Gasteiger partial charge on any atom is -0.399 e. The molecular formula is C11H12IN5. The van der Waals surface area contributed by atoms with Crippen molar-refractivity contribution in [3.8, 4) is 0 Å². The van der Waals surface area contributed by atoms with Gasteiger partial charge in [0, 0.05) is 22.3 Å². The van der Waals surface area contributed by atoms with Crippen LogP contribution in [0.4, 0.5) is 11.4 Å². The van der Waals surface area contributed by atoms with Gasteiger partial charge in [-0.15, -0.1) is 10.2 Å². The zero-order valence-electron chi connectivity index (χ0n) is 9.17. The highest BCUT2D eigenvalue weighted by molar-refractivity contribution is 14.1. The molecule has 0 aliphatic carbocycles. The van der Waals surface area contributed by atoms with Gasteiger partial charge in [-0.25, -0.2) is 0 Å². The summed E-state index contributed by atoms with van der Waals surface area (Å²) in [5, 5.41) is 8.06. The van der Waals surface area contributed by atoms with Crippen LogP contribution in [0.25, 0.3) is 0 Å². The van der Waals surface area contributed by atoms with Crippen LogP contribution < -0.4 is 10.6 Å². The van der Waals surface area contributed by atoms with Crippen molar-refractivity contribution in [3.63, 3.8) is 0 Å². The summed E-state index contributed by atoms with van der Waals surface area (Å²) in [7, 11) is 0. The summed E-state index contributed by atoms with van der Waals surface area (Å²) < 4.78 is 3.27. The Balaban J connectivity index is 1.91. The maximum atomic E-state index is 5.77. The molecule has 5 nitrogen and oxygen atoms in total. The second kappa shape index (κ2) is 4.17. The average Bonchev–Trinajstić information content (AvgIpc) is 2.75. The van der Waals surface area contributed by atoms with Gasteiger partial charge in [0.05, 0.1) is 12.2 Å². The highest BCUT2D eigenvalue weighted by Crippen LogP contribution is 2.27. The van der Waals surface area contributed by atoms with Crippen LogP contribution in [0.3, 0.4) is 0 Å². The summed E-state index contributed by atoms with van der Waals surface area (Å²) in [5.74, 6) is 1.02. The number of hydrogen-bond acceptors (Lipinski definition) is 4. The number of halogens is 1. The van der Waals surface area contributed by atoms with Crippen LogP contribution in [0.1, 0.15) is 5.82 Å². The first-order chi connectivity index (χ1) is 8.24. The second-order valence-corrected chi connectivity index (χ2v) is 5.24. The first kappa shape index (κ1) is 10.8. The van der Waals surface area contributed by atoms with Crippen molar-refractivity contribution in [1.29, 1.82) is 0 Å². The van der Waals surface area contributed by atoms with Gasteiger partial charge in [0.25, 0.3) is 0 Å². The topological polar surface area (TPSA) is 60.0 Å². The lowest BCUT2D eigenvalue weighted by Crippen LogP contribution is -2.34. The number of nitrogens with two attached hydrogens (primary N) is 1. The van der Waals surface area contributed by atoms with Gasteiger partial charge in [-0.2, -0.15) is 0 Å². The van der Waals surface area contributed by atoms with E-state index in [-0.39, 0.29) is 0 Å². The summed E-state index contributed by atoms with van der Waals surface area (Å²) in [6.45, 7) is 2.72. The normalized spacial score (nSPS) is 14.8. The summed E-state index contributed by atoms with van der Waals surface area (Å²) in [5.41, 5.74) is 7.79. The van der Waals surface area contributed by atoms with Crippen LogP contribution in [0.2, 0.25) is 0 Å². The van der Waals surface area contributed by atoms with Gasteiger partial charge in [0.1, 0.15) is 6.33 Å². The van der Waals surface area contributed by atoms with E-state index in [0.717, 1.165) is 31.1 Å². The van der Waals surface area contributed by atoms with E-state index in [9.17, 15) is 0 Å². The molecule has 2 aromatic rings. The number of anilines is 2. The predicted molar refractivity (Wildman–Crippen MR) is 74.6 cm³/mol. The van der Waals surface area contributed by atoms with Crippen molar-refractivity contribution in [2.24, 2.45) is 0 Å². The number of hydrogen-bond donors (Lipinski definition) is 1. The first-order valence-electron chi connectivity index (χ1n) is 5.41. The van der Waals surface area contributed by atoms with Crippen LogP contribution in [-0.2, 0) is 13.1 Å². The fourth-order valence-electron chi connectivity index (χ4n) is 2.05.